The lowest BCUT2D eigenvalue weighted by Gasteiger charge is -2.38. The average Bonchev–Trinajstić information content (AvgIpc) is 2.15. The lowest BCUT2D eigenvalue weighted by Crippen LogP contribution is -2.51. The fourth-order valence-corrected chi connectivity index (χ4v) is 1.93. The molecule has 1 fully saturated rings. The zero-order chi connectivity index (χ0) is 12.3. The molecule has 0 aromatic rings. The summed E-state index contributed by atoms with van der Waals surface area (Å²) < 4.78 is 0. The van der Waals surface area contributed by atoms with Gasteiger partial charge in [0.1, 0.15) is 6.04 Å². The molecule has 2 N–H and O–H groups in total. The quantitative estimate of drug-likeness (QED) is 0.748. The molecule has 2 amide bonds. The molecule has 1 aliphatic rings. The highest BCUT2D eigenvalue weighted by Crippen LogP contribution is 2.28. The van der Waals surface area contributed by atoms with E-state index >= 15 is 0 Å². The molecule has 1 heterocycles. The summed E-state index contributed by atoms with van der Waals surface area (Å²) in [6.45, 7) is 7.10. The summed E-state index contributed by atoms with van der Waals surface area (Å²) >= 11 is 0. The van der Waals surface area contributed by atoms with Crippen LogP contribution in [-0.2, 0) is 4.79 Å². The van der Waals surface area contributed by atoms with Crippen LogP contribution in [0.2, 0.25) is 0 Å². The number of rotatable bonds is 2. The number of piperidine rings is 1. The number of carbonyl (C=O) groups is 2. The second kappa shape index (κ2) is 4.72. The first-order chi connectivity index (χ1) is 7.32. The summed E-state index contributed by atoms with van der Waals surface area (Å²) in [4.78, 5) is 24.1. The van der Waals surface area contributed by atoms with Gasteiger partial charge in [0.15, 0.2) is 0 Å². The third-order valence-electron chi connectivity index (χ3n) is 2.90. The molecule has 1 atom stereocenters. The van der Waals surface area contributed by atoms with E-state index in [1.54, 1.807) is 4.90 Å². The van der Waals surface area contributed by atoms with E-state index in [-0.39, 0.29) is 11.4 Å². The van der Waals surface area contributed by atoms with Gasteiger partial charge < -0.3 is 15.3 Å². The molecule has 1 saturated heterocycles. The normalized spacial score (nSPS) is 21.3. The number of aliphatic carboxylic acids is 1. The lowest BCUT2D eigenvalue weighted by atomic mass is 9.84. The number of likely N-dealkylation sites (tertiary alicyclic amines) is 1. The minimum Gasteiger partial charge on any atom is -0.480 e. The molecule has 0 aliphatic carbocycles. The first kappa shape index (κ1) is 12.8. The van der Waals surface area contributed by atoms with Crippen LogP contribution in [0.25, 0.3) is 0 Å². The second-order valence-corrected chi connectivity index (χ2v) is 5.20. The van der Waals surface area contributed by atoms with E-state index in [4.69, 9.17) is 5.11 Å². The van der Waals surface area contributed by atoms with Crippen molar-refractivity contribution in [2.24, 2.45) is 5.41 Å². The molecular weight excluding hydrogens is 208 g/mol. The number of nitrogens with zero attached hydrogens (tertiary/aromatic N) is 1. The summed E-state index contributed by atoms with van der Waals surface area (Å²) in [5, 5.41) is 11.2. The fourth-order valence-electron chi connectivity index (χ4n) is 1.93. The van der Waals surface area contributed by atoms with Gasteiger partial charge >= 0.3 is 12.0 Å². The Morgan fingerprint density at radius 3 is 2.56 bits per heavy atom. The van der Waals surface area contributed by atoms with E-state index < -0.39 is 12.0 Å². The van der Waals surface area contributed by atoms with Gasteiger partial charge in [-0.2, -0.15) is 0 Å². The number of nitrogens with one attached hydrogen (secondary N) is 1. The lowest BCUT2D eigenvalue weighted by molar-refractivity contribution is -0.138. The third-order valence-corrected chi connectivity index (χ3v) is 2.90. The van der Waals surface area contributed by atoms with Crippen molar-refractivity contribution >= 4 is 12.0 Å². The fraction of sp³-hybridized carbons (Fsp3) is 0.818. The Morgan fingerprint density at radius 1 is 1.44 bits per heavy atom. The zero-order valence-electron chi connectivity index (χ0n) is 10.1. The van der Waals surface area contributed by atoms with Gasteiger partial charge in [0, 0.05) is 13.1 Å². The van der Waals surface area contributed by atoms with Crippen molar-refractivity contribution < 1.29 is 14.7 Å². The van der Waals surface area contributed by atoms with Crippen molar-refractivity contribution in [2.75, 3.05) is 13.1 Å². The maximum absolute atomic E-state index is 11.8. The number of urea groups is 1. The first-order valence-corrected chi connectivity index (χ1v) is 5.60. The minimum absolute atomic E-state index is 0.127. The van der Waals surface area contributed by atoms with Gasteiger partial charge in [-0.05, 0) is 25.2 Å². The third kappa shape index (κ3) is 3.40. The predicted molar refractivity (Wildman–Crippen MR) is 60.2 cm³/mol. The van der Waals surface area contributed by atoms with Gasteiger partial charge in [0.2, 0.25) is 0 Å². The maximum atomic E-state index is 11.8. The van der Waals surface area contributed by atoms with Crippen molar-refractivity contribution in [3.63, 3.8) is 0 Å². The number of carbonyl (C=O) groups excluding carboxylic acids is 1. The SMILES string of the molecule is C[C@H](NC(=O)N1CCCC(C)(C)C1)C(=O)O. The minimum atomic E-state index is -1.01. The Kier molecular flexibility index (Phi) is 3.78. The van der Waals surface area contributed by atoms with Crippen LogP contribution in [0.3, 0.4) is 0 Å². The predicted octanol–water partition coefficient (Wildman–Crippen LogP) is 1.29. The molecule has 0 bridgehead atoms. The van der Waals surface area contributed by atoms with Crippen LogP contribution in [0.5, 0.6) is 0 Å². The van der Waals surface area contributed by atoms with Crippen LogP contribution in [0.1, 0.15) is 33.6 Å². The summed E-state index contributed by atoms with van der Waals surface area (Å²) in [5.74, 6) is -1.01. The van der Waals surface area contributed by atoms with Gasteiger partial charge in [-0.15, -0.1) is 0 Å². The topological polar surface area (TPSA) is 69.6 Å². The van der Waals surface area contributed by atoms with Crippen molar-refractivity contribution in [1.82, 2.24) is 10.2 Å². The van der Waals surface area contributed by atoms with Crippen molar-refractivity contribution in [3.05, 3.63) is 0 Å². The average molecular weight is 228 g/mol. The monoisotopic (exact) mass is 228 g/mol. The number of amides is 2. The largest absolute Gasteiger partial charge is 0.480 e. The van der Waals surface area contributed by atoms with E-state index in [9.17, 15) is 9.59 Å². The molecule has 0 unspecified atom stereocenters. The maximum Gasteiger partial charge on any atom is 0.325 e. The zero-order valence-corrected chi connectivity index (χ0v) is 10.1. The van der Waals surface area contributed by atoms with E-state index in [0.717, 1.165) is 12.8 Å². The van der Waals surface area contributed by atoms with Gasteiger partial charge in [-0.25, -0.2) is 4.79 Å². The van der Waals surface area contributed by atoms with Crippen LogP contribution in [0.15, 0.2) is 0 Å². The number of carboxylic acids is 1. The molecule has 1 rings (SSSR count). The van der Waals surface area contributed by atoms with E-state index in [1.807, 2.05) is 0 Å². The molecule has 0 spiro atoms. The molecule has 0 aromatic heterocycles. The smallest absolute Gasteiger partial charge is 0.325 e. The van der Waals surface area contributed by atoms with E-state index in [2.05, 4.69) is 19.2 Å². The van der Waals surface area contributed by atoms with Crippen molar-refractivity contribution in [1.29, 1.82) is 0 Å². The van der Waals surface area contributed by atoms with Crippen LogP contribution in [0.4, 0.5) is 4.79 Å². The standard InChI is InChI=1S/C11H20N2O3/c1-8(9(14)15)12-10(16)13-6-4-5-11(2,3)7-13/h8H,4-7H2,1-3H3,(H,12,16)(H,14,15)/t8-/m0/s1. The second-order valence-electron chi connectivity index (χ2n) is 5.20. The van der Waals surface area contributed by atoms with Crippen molar-refractivity contribution in [3.8, 4) is 0 Å². The molecule has 0 radical (unpaired) electrons. The summed E-state index contributed by atoms with van der Waals surface area (Å²) in [6.07, 6.45) is 2.08. The number of hydrogen-bond donors (Lipinski definition) is 2. The Hall–Kier alpha value is -1.26. The molecule has 5 heteroatoms. The molecule has 0 saturated carbocycles. The highest BCUT2D eigenvalue weighted by Gasteiger charge is 2.30. The van der Waals surface area contributed by atoms with Crippen LogP contribution < -0.4 is 5.32 Å². The van der Waals surface area contributed by atoms with E-state index in [0.29, 0.717) is 13.1 Å². The highest BCUT2D eigenvalue weighted by molar-refractivity contribution is 5.82. The van der Waals surface area contributed by atoms with Crippen LogP contribution in [-0.4, -0.2) is 41.1 Å². The van der Waals surface area contributed by atoms with Gasteiger partial charge in [0.05, 0.1) is 0 Å². The Bertz CT molecular complexity index is 289. The summed E-state index contributed by atoms with van der Waals surface area (Å²) in [5.41, 5.74) is 0.127. The molecule has 5 nitrogen and oxygen atoms in total. The molecule has 1 aliphatic heterocycles. The Labute approximate surface area is 95.8 Å². The van der Waals surface area contributed by atoms with Crippen LogP contribution in [0, 0.1) is 5.41 Å². The molecule has 92 valence electrons. The highest BCUT2D eigenvalue weighted by atomic mass is 16.4. The molecule has 16 heavy (non-hydrogen) atoms. The number of hydrogen-bond acceptors (Lipinski definition) is 2. The first-order valence-electron chi connectivity index (χ1n) is 5.60. The number of carboxylic acid groups (broad SMARTS) is 1. The van der Waals surface area contributed by atoms with Gasteiger partial charge in [-0.3, -0.25) is 4.79 Å². The van der Waals surface area contributed by atoms with E-state index in [1.165, 1.54) is 6.92 Å². The van der Waals surface area contributed by atoms with Gasteiger partial charge in [-0.1, -0.05) is 13.8 Å². The Morgan fingerprint density at radius 2 is 2.06 bits per heavy atom. The molecule has 0 aromatic carbocycles. The Balaban J connectivity index is 2.51. The van der Waals surface area contributed by atoms with Crippen molar-refractivity contribution in [2.45, 2.75) is 39.7 Å². The summed E-state index contributed by atoms with van der Waals surface area (Å²) in [6, 6.07) is -1.11. The summed E-state index contributed by atoms with van der Waals surface area (Å²) in [7, 11) is 0. The van der Waals surface area contributed by atoms with Gasteiger partial charge in [0.25, 0.3) is 0 Å². The van der Waals surface area contributed by atoms with Crippen LogP contribution >= 0.6 is 0 Å². The molecular formula is C11H20N2O3.